The predicted molar refractivity (Wildman–Crippen MR) is 50.6 cm³/mol. The Morgan fingerprint density at radius 1 is 1.67 bits per heavy atom. The van der Waals surface area contributed by atoms with Crippen molar-refractivity contribution >= 4 is 5.91 Å². The molecule has 0 radical (unpaired) electrons. The number of piperidine rings is 1. The van der Waals surface area contributed by atoms with Gasteiger partial charge in [-0.1, -0.05) is 0 Å². The predicted octanol–water partition coefficient (Wildman–Crippen LogP) is 0.216. The first kappa shape index (κ1) is 12.3. The van der Waals surface area contributed by atoms with Crippen LogP contribution < -0.4 is 5.73 Å². The smallest absolute Gasteiger partial charge is 0.315 e. The summed E-state index contributed by atoms with van der Waals surface area (Å²) in [7, 11) is 1.57. The standard InChI is InChI=1S/C9H16F2N2O2/c1-15-7-2-3-13(6(4-7)5-12)9(14)8(10)11/h6-8H,2-5,12H2,1H3. The number of carbonyl (C=O) groups excluding carboxylic acids is 1. The van der Waals surface area contributed by atoms with Gasteiger partial charge in [0, 0.05) is 26.2 Å². The van der Waals surface area contributed by atoms with Crippen LogP contribution in [0.3, 0.4) is 0 Å². The molecule has 88 valence electrons. The van der Waals surface area contributed by atoms with E-state index >= 15 is 0 Å². The van der Waals surface area contributed by atoms with Gasteiger partial charge in [0.15, 0.2) is 0 Å². The van der Waals surface area contributed by atoms with Gasteiger partial charge in [-0.25, -0.2) is 0 Å². The molecule has 4 nitrogen and oxygen atoms in total. The van der Waals surface area contributed by atoms with Crippen LogP contribution in [-0.2, 0) is 9.53 Å². The second-order valence-electron chi connectivity index (χ2n) is 3.60. The quantitative estimate of drug-likeness (QED) is 0.743. The molecule has 0 spiro atoms. The number of rotatable bonds is 3. The molecule has 0 aromatic rings. The van der Waals surface area contributed by atoms with Crippen molar-refractivity contribution in [3.63, 3.8) is 0 Å². The van der Waals surface area contributed by atoms with Gasteiger partial charge in [-0.2, -0.15) is 8.78 Å². The molecule has 1 rings (SSSR count). The molecule has 1 saturated heterocycles. The molecule has 1 amide bonds. The highest BCUT2D eigenvalue weighted by Crippen LogP contribution is 2.20. The number of halogens is 2. The molecule has 0 aliphatic carbocycles. The normalized spacial score (nSPS) is 27.1. The summed E-state index contributed by atoms with van der Waals surface area (Å²) in [4.78, 5) is 12.3. The van der Waals surface area contributed by atoms with E-state index in [0.29, 0.717) is 19.4 Å². The van der Waals surface area contributed by atoms with E-state index in [1.54, 1.807) is 7.11 Å². The van der Waals surface area contributed by atoms with Crippen LogP contribution in [0.25, 0.3) is 0 Å². The van der Waals surface area contributed by atoms with E-state index < -0.39 is 12.3 Å². The fourth-order valence-corrected chi connectivity index (χ4v) is 1.87. The third-order valence-electron chi connectivity index (χ3n) is 2.74. The highest BCUT2D eigenvalue weighted by Gasteiger charge is 2.34. The fourth-order valence-electron chi connectivity index (χ4n) is 1.87. The SMILES string of the molecule is COC1CCN(C(=O)C(F)F)C(CN)C1. The Kier molecular flexibility index (Phi) is 4.41. The average molecular weight is 222 g/mol. The van der Waals surface area contributed by atoms with Crippen molar-refractivity contribution in [2.24, 2.45) is 5.73 Å². The van der Waals surface area contributed by atoms with Crippen molar-refractivity contribution in [1.82, 2.24) is 4.90 Å². The molecule has 0 bridgehead atoms. The Morgan fingerprint density at radius 2 is 2.33 bits per heavy atom. The Balaban J connectivity index is 2.62. The van der Waals surface area contributed by atoms with Gasteiger partial charge >= 0.3 is 6.43 Å². The molecule has 0 saturated carbocycles. The molecule has 15 heavy (non-hydrogen) atoms. The lowest BCUT2D eigenvalue weighted by atomic mass is 9.99. The minimum atomic E-state index is -2.95. The summed E-state index contributed by atoms with van der Waals surface area (Å²) in [6.07, 6.45) is -1.81. The topological polar surface area (TPSA) is 55.6 Å². The number of nitrogens with two attached hydrogens (primary N) is 1. The van der Waals surface area contributed by atoms with Crippen LogP contribution in [0.1, 0.15) is 12.8 Å². The van der Waals surface area contributed by atoms with Crippen molar-refractivity contribution in [2.75, 3.05) is 20.2 Å². The van der Waals surface area contributed by atoms with Crippen molar-refractivity contribution in [3.8, 4) is 0 Å². The zero-order valence-electron chi connectivity index (χ0n) is 8.66. The van der Waals surface area contributed by atoms with Gasteiger partial charge in [0.05, 0.1) is 6.10 Å². The van der Waals surface area contributed by atoms with Crippen LogP contribution in [0.15, 0.2) is 0 Å². The molecule has 2 N–H and O–H groups in total. The lowest BCUT2D eigenvalue weighted by Crippen LogP contribution is -2.52. The molecule has 6 heteroatoms. The number of alkyl halides is 2. The third kappa shape index (κ3) is 2.85. The molecule has 2 unspecified atom stereocenters. The molecule has 1 fully saturated rings. The van der Waals surface area contributed by atoms with E-state index in [9.17, 15) is 13.6 Å². The Hall–Kier alpha value is -0.750. The number of hydrogen-bond donors (Lipinski definition) is 1. The monoisotopic (exact) mass is 222 g/mol. The maximum atomic E-state index is 12.2. The summed E-state index contributed by atoms with van der Waals surface area (Å²) >= 11 is 0. The minimum absolute atomic E-state index is 0.0141. The van der Waals surface area contributed by atoms with Crippen molar-refractivity contribution in [2.45, 2.75) is 31.4 Å². The van der Waals surface area contributed by atoms with E-state index in [1.807, 2.05) is 0 Å². The number of nitrogens with zero attached hydrogens (tertiary/aromatic N) is 1. The number of ether oxygens (including phenoxy) is 1. The van der Waals surface area contributed by atoms with Gasteiger partial charge in [-0.3, -0.25) is 4.79 Å². The second kappa shape index (κ2) is 5.37. The minimum Gasteiger partial charge on any atom is -0.381 e. The van der Waals surface area contributed by atoms with Crippen molar-refractivity contribution in [3.05, 3.63) is 0 Å². The summed E-state index contributed by atoms with van der Waals surface area (Å²) in [5.74, 6) is -1.12. The van der Waals surface area contributed by atoms with Crippen LogP contribution in [0.2, 0.25) is 0 Å². The summed E-state index contributed by atoms with van der Waals surface area (Å²) in [6.45, 7) is 0.488. The number of likely N-dealkylation sites (tertiary alicyclic amines) is 1. The molecule has 1 heterocycles. The first-order valence-corrected chi connectivity index (χ1v) is 4.91. The van der Waals surface area contributed by atoms with E-state index in [4.69, 9.17) is 10.5 Å². The van der Waals surface area contributed by atoms with E-state index in [-0.39, 0.29) is 18.7 Å². The Bertz CT molecular complexity index is 226. The molecule has 0 aromatic heterocycles. The number of amides is 1. The Morgan fingerprint density at radius 3 is 2.80 bits per heavy atom. The lowest BCUT2D eigenvalue weighted by Gasteiger charge is -2.38. The van der Waals surface area contributed by atoms with Crippen LogP contribution in [0.5, 0.6) is 0 Å². The Labute approximate surface area is 87.4 Å². The number of hydrogen-bond acceptors (Lipinski definition) is 3. The van der Waals surface area contributed by atoms with Crippen molar-refractivity contribution < 1.29 is 18.3 Å². The first-order valence-electron chi connectivity index (χ1n) is 4.91. The van der Waals surface area contributed by atoms with Crippen LogP contribution in [-0.4, -0.2) is 49.6 Å². The van der Waals surface area contributed by atoms with Gasteiger partial charge < -0.3 is 15.4 Å². The van der Waals surface area contributed by atoms with Gasteiger partial charge in [0.1, 0.15) is 0 Å². The zero-order chi connectivity index (χ0) is 11.4. The van der Waals surface area contributed by atoms with Crippen molar-refractivity contribution in [1.29, 1.82) is 0 Å². The summed E-state index contributed by atoms with van der Waals surface area (Å²) < 4.78 is 29.6. The lowest BCUT2D eigenvalue weighted by molar-refractivity contribution is -0.148. The fraction of sp³-hybridized carbons (Fsp3) is 0.889. The van der Waals surface area contributed by atoms with Crippen LogP contribution in [0.4, 0.5) is 8.78 Å². The highest BCUT2D eigenvalue weighted by molar-refractivity contribution is 5.79. The largest absolute Gasteiger partial charge is 0.381 e. The summed E-state index contributed by atoms with van der Waals surface area (Å²) in [5, 5.41) is 0. The number of carbonyl (C=O) groups is 1. The summed E-state index contributed by atoms with van der Waals surface area (Å²) in [5.41, 5.74) is 5.45. The van der Waals surface area contributed by atoms with Gasteiger partial charge in [-0.15, -0.1) is 0 Å². The first-order chi connectivity index (χ1) is 7.10. The molecule has 2 atom stereocenters. The molecular weight excluding hydrogens is 206 g/mol. The molecule has 1 aliphatic rings. The highest BCUT2D eigenvalue weighted by atomic mass is 19.3. The molecule has 0 aromatic carbocycles. The third-order valence-corrected chi connectivity index (χ3v) is 2.74. The van der Waals surface area contributed by atoms with Gasteiger partial charge in [-0.05, 0) is 12.8 Å². The van der Waals surface area contributed by atoms with Crippen LogP contribution in [0, 0.1) is 0 Å². The van der Waals surface area contributed by atoms with E-state index in [0.717, 1.165) is 0 Å². The maximum absolute atomic E-state index is 12.2. The molecular formula is C9H16F2N2O2. The van der Waals surface area contributed by atoms with Gasteiger partial charge in [0.25, 0.3) is 5.91 Å². The molecule has 1 aliphatic heterocycles. The zero-order valence-corrected chi connectivity index (χ0v) is 8.66. The van der Waals surface area contributed by atoms with Gasteiger partial charge in [0.2, 0.25) is 0 Å². The summed E-state index contributed by atoms with van der Waals surface area (Å²) in [6, 6.07) is -0.329. The number of methoxy groups -OCH3 is 1. The van der Waals surface area contributed by atoms with E-state index in [2.05, 4.69) is 0 Å². The average Bonchev–Trinajstić information content (AvgIpc) is 2.27. The van der Waals surface area contributed by atoms with Crippen LogP contribution >= 0.6 is 0 Å². The van der Waals surface area contributed by atoms with E-state index in [1.165, 1.54) is 4.90 Å². The second-order valence-corrected chi connectivity index (χ2v) is 3.60. The maximum Gasteiger partial charge on any atom is 0.315 e.